The summed E-state index contributed by atoms with van der Waals surface area (Å²) in [6, 6.07) is 8.95. The van der Waals surface area contributed by atoms with Crippen LogP contribution in [0.1, 0.15) is 12.8 Å². The molecule has 162 valence electrons. The van der Waals surface area contributed by atoms with E-state index < -0.39 is 20.8 Å². The Hall–Kier alpha value is -2.96. The lowest BCUT2D eigenvalue weighted by Crippen LogP contribution is -2.41. The molecule has 1 saturated heterocycles. The van der Waals surface area contributed by atoms with Gasteiger partial charge < -0.3 is 5.32 Å². The molecule has 0 spiro atoms. The van der Waals surface area contributed by atoms with E-state index in [0.29, 0.717) is 28.2 Å². The summed E-state index contributed by atoms with van der Waals surface area (Å²) in [4.78, 5) is 27.2. The van der Waals surface area contributed by atoms with Gasteiger partial charge in [0.2, 0.25) is 15.9 Å². The van der Waals surface area contributed by atoms with Gasteiger partial charge in [-0.3, -0.25) is 14.9 Å². The van der Waals surface area contributed by atoms with E-state index in [-0.39, 0.29) is 35.5 Å². The topological polar surface area (TPSA) is 123 Å². The molecule has 1 fully saturated rings. The van der Waals surface area contributed by atoms with E-state index in [1.807, 2.05) is 0 Å². The third-order valence-electron chi connectivity index (χ3n) is 5.09. The fourth-order valence-electron chi connectivity index (χ4n) is 3.40. The highest BCUT2D eigenvalue weighted by Crippen LogP contribution is 2.30. The van der Waals surface area contributed by atoms with Crippen molar-refractivity contribution >= 4 is 48.3 Å². The number of carbonyl (C=O) groups is 1. The van der Waals surface area contributed by atoms with Gasteiger partial charge in [-0.05, 0) is 43.2 Å². The maximum absolute atomic E-state index is 13.1. The van der Waals surface area contributed by atoms with Gasteiger partial charge >= 0.3 is 0 Å². The van der Waals surface area contributed by atoms with Crippen molar-refractivity contribution in [3.63, 3.8) is 0 Å². The largest absolute Gasteiger partial charge is 0.302 e. The highest BCUT2D eigenvalue weighted by Gasteiger charge is 2.32. The zero-order valence-electron chi connectivity index (χ0n) is 16.0. The average molecular weight is 465 g/mol. The van der Waals surface area contributed by atoms with Gasteiger partial charge in [0, 0.05) is 31.1 Å². The molecule has 1 aliphatic heterocycles. The number of benzene rings is 2. The highest BCUT2D eigenvalue weighted by molar-refractivity contribution is 7.89. The Morgan fingerprint density at radius 2 is 1.87 bits per heavy atom. The first-order valence-electron chi connectivity index (χ1n) is 9.35. The van der Waals surface area contributed by atoms with Gasteiger partial charge in [-0.15, -0.1) is 0 Å². The Kier molecular flexibility index (Phi) is 5.69. The number of carbonyl (C=O) groups excluding carboxylic acids is 1. The quantitative estimate of drug-likeness (QED) is 0.456. The van der Waals surface area contributed by atoms with Crippen molar-refractivity contribution in [2.24, 2.45) is 5.92 Å². The molecule has 9 nitrogen and oxygen atoms in total. The summed E-state index contributed by atoms with van der Waals surface area (Å²) in [6.07, 6.45) is 0.672. The maximum atomic E-state index is 13.1. The number of hydrogen-bond donors (Lipinski definition) is 1. The van der Waals surface area contributed by atoms with Crippen LogP contribution in [0.25, 0.3) is 10.2 Å². The molecule has 0 aliphatic carbocycles. The van der Waals surface area contributed by atoms with Crippen LogP contribution in [0, 0.1) is 21.8 Å². The number of halogens is 1. The third kappa shape index (κ3) is 4.40. The molecule has 12 heteroatoms. The number of nitrogens with one attached hydrogen (secondary N) is 1. The highest BCUT2D eigenvalue weighted by atomic mass is 32.2. The number of aromatic nitrogens is 1. The van der Waals surface area contributed by atoms with Crippen molar-refractivity contribution in [3.05, 3.63) is 58.4 Å². The Morgan fingerprint density at radius 1 is 1.19 bits per heavy atom. The SMILES string of the molecule is O=C(Nc1nc2cc([N+](=O)[O-])ccc2s1)C1CCN(S(=O)(=O)c2ccc(F)cc2)CC1. The summed E-state index contributed by atoms with van der Waals surface area (Å²) < 4.78 is 40.4. The Balaban J connectivity index is 1.40. The molecular formula is C19H17FN4O5S2. The zero-order chi connectivity index (χ0) is 22.2. The predicted octanol–water partition coefficient (Wildman–Crippen LogP) is 3.38. The number of nitrogens with zero attached hydrogens (tertiary/aromatic N) is 3. The summed E-state index contributed by atoms with van der Waals surface area (Å²) in [5.74, 6) is -1.17. The average Bonchev–Trinajstić information content (AvgIpc) is 3.15. The number of thiazole rings is 1. The number of anilines is 1. The molecule has 2 aromatic carbocycles. The van der Waals surface area contributed by atoms with Gasteiger partial charge in [-0.2, -0.15) is 4.31 Å². The number of nitro groups is 1. The van der Waals surface area contributed by atoms with Gasteiger partial charge in [0.25, 0.3) is 5.69 Å². The van der Waals surface area contributed by atoms with Gasteiger partial charge in [0.15, 0.2) is 5.13 Å². The second kappa shape index (κ2) is 8.29. The normalized spacial score (nSPS) is 15.8. The van der Waals surface area contributed by atoms with Crippen LogP contribution >= 0.6 is 11.3 Å². The van der Waals surface area contributed by atoms with E-state index in [4.69, 9.17) is 0 Å². The summed E-state index contributed by atoms with van der Waals surface area (Å²) in [7, 11) is -3.75. The van der Waals surface area contributed by atoms with E-state index in [2.05, 4.69) is 10.3 Å². The molecule has 2 heterocycles. The van der Waals surface area contributed by atoms with Crippen molar-refractivity contribution in [2.75, 3.05) is 18.4 Å². The van der Waals surface area contributed by atoms with E-state index in [1.165, 1.54) is 39.9 Å². The minimum absolute atomic E-state index is 0.0142. The number of hydrogen-bond acceptors (Lipinski definition) is 7. The molecule has 31 heavy (non-hydrogen) atoms. The fraction of sp³-hybridized carbons (Fsp3) is 0.263. The molecular weight excluding hydrogens is 447 g/mol. The molecule has 0 saturated carbocycles. The van der Waals surface area contributed by atoms with Crippen molar-refractivity contribution < 1.29 is 22.5 Å². The van der Waals surface area contributed by atoms with Crippen molar-refractivity contribution in [1.29, 1.82) is 0 Å². The minimum Gasteiger partial charge on any atom is -0.302 e. The van der Waals surface area contributed by atoms with Gasteiger partial charge in [0.1, 0.15) is 5.82 Å². The molecule has 0 unspecified atom stereocenters. The monoisotopic (exact) mass is 464 g/mol. The first kappa shape index (κ1) is 21.3. The van der Waals surface area contributed by atoms with Crippen LogP contribution in [0.15, 0.2) is 47.4 Å². The van der Waals surface area contributed by atoms with Crippen molar-refractivity contribution in [1.82, 2.24) is 9.29 Å². The van der Waals surface area contributed by atoms with Crippen LogP contribution < -0.4 is 5.32 Å². The second-order valence-electron chi connectivity index (χ2n) is 7.05. The molecule has 0 radical (unpaired) electrons. The first-order chi connectivity index (χ1) is 14.7. The number of amides is 1. The Morgan fingerprint density at radius 3 is 2.52 bits per heavy atom. The fourth-order valence-corrected chi connectivity index (χ4v) is 5.72. The number of fused-ring (bicyclic) bond motifs is 1. The van der Waals surface area contributed by atoms with Crippen LogP contribution in [0.4, 0.5) is 15.2 Å². The van der Waals surface area contributed by atoms with Crippen LogP contribution in [0.3, 0.4) is 0 Å². The minimum atomic E-state index is -3.75. The molecule has 1 amide bonds. The summed E-state index contributed by atoms with van der Waals surface area (Å²) in [6.45, 7) is 0.341. The van der Waals surface area contributed by atoms with Crippen LogP contribution in [-0.2, 0) is 14.8 Å². The van der Waals surface area contributed by atoms with Crippen molar-refractivity contribution in [3.8, 4) is 0 Å². The van der Waals surface area contributed by atoms with Crippen molar-refractivity contribution in [2.45, 2.75) is 17.7 Å². The molecule has 1 aromatic heterocycles. The van der Waals surface area contributed by atoms with Crippen LogP contribution in [0.2, 0.25) is 0 Å². The van der Waals surface area contributed by atoms with E-state index >= 15 is 0 Å². The van der Waals surface area contributed by atoms with Crippen LogP contribution in [-0.4, -0.2) is 41.6 Å². The molecule has 4 rings (SSSR count). The zero-order valence-corrected chi connectivity index (χ0v) is 17.7. The smallest absolute Gasteiger partial charge is 0.271 e. The summed E-state index contributed by atoms with van der Waals surface area (Å²) in [5.41, 5.74) is 0.347. The van der Waals surface area contributed by atoms with E-state index in [1.54, 1.807) is 6.07 Å². The lowest BCUT2D eigenvalue weighted by molar-refractivity contribution is -0.384. The predicted molar refractivity (Wildman–Crippen MR) is 113 cm³/mol. The van der Waals surface area contributed by atoms with Crippen LogP contribution in [0.5, 0.6) is 0 Å². The lowest BCUT2D eigenvalue weighted by Gasteiger charge is -2.30. The van der Waals surface area contributed by atoms with Gasteiger partial charge in [-0.1, -0.05) is 11.3 Å². The number of sulfonamides is 1. The summed E-state index contributed by atoms with van der Waals surface area (Å²) in [5, 5.41) is 14.0. The number of non-ortho nitro benzene ring substituents is 1. The van der Waals surface area contributed by atoms with E-state index in [0.717, 1.165) is 12.1 Å². The summed E-state index contributed by atoms with van der Waals surface area (Å²) >= 11 is 1.21. The molecule has 0 atom stereocenters. The number of nitro benzene ring substituents is 1. The first-order valence-corrected chi connectivity index (χ1v) is 11.6. The molecule has 1 N–H and O–H groups in total. The Bertz CT molecular complexity index is 1250. The molecule has 3 aromatic rings. The second-order valence-corrected chi connectivity index (χ2v) is 10.0. The number of piperidine rings is 1. The Labute approximate surface area is 180 Å². The standard InChI is InChI=1S/C19H17FN4O5S2/c20-13-1-4-15(5-2-13)31(28,29)23-9-7-12(8-10-23)18(25)22-19-21-16-11-14(24(26)27)3-6-17(16)30-19/h1-6,11-12H,7-10H2,(H,21,22,25). The molecule has 1 aliphatic rings. The number of rotatable bonds is 5. The van der Waals surface area contributed by atoms with Gasteiger partial charge in [0.05, 0.1) is 20.0 Å². The maximum Gasteiger partial charge on any atom is 0.271 e. The third-order valence-corrected chi connectivity index (χ3v) is 7.95. The lowest BCUT2D eigenvalue weighted by atomic mass is 9.97. The van der Waals surface area contributed by atoms with E-state index in [9.17, 15) is 27.7 Å². The molecule has 0 bridgehead atoms. The van der Waals surface area contributed by atoms with Gasteiger partial charge in [-0.25, -0.2) is 17.8 Å².